The Labute approximate surface area is 106 Å². The van der Waals surface area contributed by atoms with Crippen molar-refractivity contribution in [1.29, 1.82) is 0 Å². The number of nitrogens with one attached hydrogen (secondary N) is 1. The number of hydrogen-bond acceptors (Lipinski definition) is 3. The zero-order valence-electron chi connectivity index (χ0n) is 9.70. The van der Waals surface area contributed by atoms with Gasteiger partial charge in [0.05, 0.1) is 18.7 Å². The Morgan fingerprint density at radius 3 is 3.00 bits per heavy atom. The summed E-state index contributed by atoms with van der Waals surface area (Å²) < 4.78 is 5.10. The Morgan fingerprint density at radius 1 is 1.47 bits per heavy atom. The minimum absolute atomic E-state index is 0.0504. The number of ether oxygens (including phenoxy) is 1. The van der Waals surface area contributed by atoms with E-state index in [1.165, 1.54) is 0 Å². The van der Waals surface area contributed by atoms with Crippen LogP contribution in [0, 0.1) is 0 Å². The third-order valence-electron chi connectivity index (χ3n) is 2.76. The molecule has 1 N–H and O–H groups in total. The Morgan fingerprint density at radius 2 is 2.29 bits per heavy atom. The summed E-state index contributed by atoms with van der Waals surface area (Å²) in [5.41, 5.74) is 0.952. The number of hydrogen-bond donors (Lipinski definition) is 1. The second-order valence-corrected chi connectivity index (χ2v) is 4.35. The molecular weight excluding hydrogens is 240 g/mol. The fraction of sp³-hybridized carbons (Fsp3) is 0.417. The van der Waals surface area contributed by atoms with Gasteiger partial charge in [0.1, 0.15) is 5.75 Å². The minimum atomic E-state index is 0.0504. The standard InChI is InChI=1S/C12H15ClN2O2/c1-17-11-4-3-9(7-10(11)13)15-6-2-5-14-12(16)8-15/h3-4,7H,2,5-6,8H2,1H3,(H,14,16). The summed E-state index contributed by atoms with van der Waals surface area (Å²) in [7, 11) is 1.58. The van der Waals surface area contributed by atoms with E-state index in [0.717, 1.165) is 25.2 Å². The molecule has 1 heterocycles. The monoisotopic (exact) mass is 254 g/mol. The molecule has 0 unspecified atom stereocenters. The van der Waals surface area contributed by atoms with Gasteiger partial charge in [0.25, 0.3) is 0 Å². The van der Waals surface area contributed by atoms with Crippen LogP contribution in [0.4, 0.5) is 5.69 Å². The van der Waals surface area contributed by atoms with E-state index in [1.807, 2.05) is 23.1 Å². The van der Waals surface area contributed by atoms with Crippen LogP contribution in [0.2, 0.25) is 5.02 Å². The number of nitrogens with zero attached hydrogens (tertiary/aromatic N) is 1. The van der Waals surface area contributed by atoms with Crippen LogP contribution in [0.15, 0.2) is 18.2 Å². The minimum Gasteiger partial charge on any atom is -0.495 e. The number of carbonyl (C=O) groups is 1. The van der Waals surface area contributed by atoms with E-state index >= 15 is 0 Å². The van der Waals surface area contributed by atoms with Gasteiger partial charge in [0.2, 0.25) is 5.91 Å². The van der Waals surface area contributed by atoms with E-state index in [1.54, 1.807) is 7.11 Å². The average molecular weight is 255 g/mol. The normalized spacial score (nSPS) is 16.4. The van der Waals surface area contributed by atoms with Gasteiger partial charge in [0, 0.05) is 18.8 Å². The SMILES string of the molecule is COc1ccc(N2CCCNC(=O)C2)cc1Cl. The predicted octanol–water partition coefficient (Wildman–Crippen LogP) is 1.67. The topological polar surface area (TPSA) is 41.6 Å². The van der Waals surface area contributed by atoms with Gasteiger partial charge >= 0.3 is 0 Å². The summed E-state index contributed by atoms with van der Waals surface area (Å²) in [6.07, 6.45) is 0.940. The highest BCUT2D eigenvalue weighted by molar-refractivity contribution is 6.32. The largest absolute Gasteiger partial charge is 0.495 e. The highest BCUT2D eigenvalue weighted by atomic mass is 35.5. The number of carbonyl (C=O) groups excluding carboxylic acids is 1. The highest BCUT2D eigenvalue weighted by Crippen LogP contribution is 2.29. The lowest BCUT2D eigenvalue weighted by Gasteiger charge is -2.21. The zero-order chi connectivity index (χ0) is 12.3. The summed E-state index contributed by atoms with van der Waals surface area (Å²) in [4.78, 5) is 13.5. The summed E-state index contributed by atoms with van der Waals surface area (Å²) in [5, 5.41) is 3.41. The molecule has 1 fully saturated rings. The second-order valence-electron chi connectivity index (χ2n) is 3.94. The van der Waals surface area contributed by atoms with Crippen LogP contribution in [0.25, 0.3) is 0 Å². The molecule has 1 aromatic carbocycles. The Bertz CT molecular complexity index is 423. The first-order valence-electron chi connectivity index (χ1n) is 5.56. The van der Waals surface area contributed by atoms with Crippen LogP contribution < -0.4 is 15.0 Å². The fourth-order valence-corrected chi connectivity index (χ4v) is 2.13. The van der Waals surface area contributed by atoms with Gasteiger partial charge in [0.15, 0.2) is 0 Å². The molecule has 92 valence electrons. The van der Waals surface area contributed by atoms with Crippen LogP contribution in [0.1, 0.15) is 6.42 Å². The van der Waals surface area contributed by atoms with Crippen molar-refractivity contribution in [3.05, 3.63) is 23.2 Å². The number of benzene rings is 1. The third-order valence-corrected chi connectivity index (χ3v) is 3.06. The molecule has 0 aliphatic carbocycles. The van der Waals surface area contributed by atoms with Crippen LogP contribution in [-0.4, -0.2) is 32.7 Å². The summed E-state index contributed by atoms with van der Waals surface area (Å²) in [6.45, 7) is 1.96. The van der Waals surface area contributed by atoms with Crippen molar-refractivity contribution in [3.63, 3.8) is 0 Å². The van der Waals surface area contributed by atoms with E-state index in [4.69, 9.17) is 16.3 Å². The molecule has 1 aliphatic heterocycles. The Hall–Kier alpha value is -1.42. The lowest BCUT2D eigenvalue weighted by molar-refractivity contribution is -0.119. The molecule has 0 aromatic heterocycles. The summed E-state index contributed by atoms with van der Waals surface area (Å²) in [6, 6.07) is 5.57. The highest BCUT2D eigenvalue weighted by Gasteiger charge is 2.15. The van der Waals surface area contributed by atoms with Gasteiger partial charge in [-0.2, -0.15) is 0 Å². The number of halogens is 1. The summed E-state index contributed by atoms with van der Waals surface area (Å²) >= 11 is 6.07. The number of rotatable bonds is 2. The van der Waals surface area contributed by atoms with Crippen molar-refractivity contribution >= 4 is 23.2 Å². The molecule has 0 spiro atoms. The van der Waals surface area contributed by atoms with Crippen LogP contribution in [0.5, 0.6) is 5.75 Å². The number of amides is 1. The lowest BCUT2D eigenvalue weighted by atomic mass is 10.2. The van der Waals surface area contributed by atoms with Gasteiger partial charge in [-0.15, -0.1) is 0 Å². The van der Waals surface area contributed by atoms with E-state index in [2.05, 4.69) is 5.32 Å². The quantitative estimate of drug-likeness (QED) is 0.873. The first-order valence-corrected chi connectivity index (χ1v) is 5.93. The molecule has 4 nitrogen and oxygen atoms in total. The Kier molecular flexibility index (Phi) is 3.74. The molecule has 1 saturated heterocycles. The predicted molar refractivity (Wildman–Crippen MR) is 67.8 cm³/mol. The van der Waals surface area contributed by atoms with Crippen molar-refractivity contribution in [3.8, 4) is 5.75 Å². The van der Waals surface area contributed by atoms with Gasteiger partial charge in [-0.1, -0.05) is 11.6 Å². The second kappa shape index (κ2) is 5.27. The zero-order valence-corrected chi connectivity index (χ0v) is 10.5. The molecule has 0 bridgehead atoms. The molecule has 1 aliphatic rings. The molecular formula is C12H15ClN2O2. The summed E-state index contributed by atoms with van der Waals surface area (Å²) in [5.74, 6) is 0.698. The van der Waals surface area contributed by atoms with E-state index in [0.29, 0.717) is 17.3 Å². The van der Waals surface area contributed by atoms with Crippen LogP contribution in [0.3, 0.4) is 0 Å². The van der Waals surface area contributed by atoms with Crippen molar-refractivity contribution in [2.24, 2.45) is 0 Å². The first kappa shape index (κ1) is 12.0. The van der Waals surface area contributed by atoms with Crippen LogP contribution in [-0.2, 0) is 4.79 Å². The molecule has 17 heavy (non-hydrogen) atoms. The molecule has 5 heteroatoms. The first-order chi connectivity index (χ1) is 8.20. The van der Waals surface area contributed by atoms with E-state index in [9.17, 15) is 4.79 Å². The number of anilines is 1. The molecule has 1 aromatic rings. The van der Waals surface area contributed by atoms with Crippen molar-refractivity contribution in [1.82, 2.24) is 5.32 Å². The fourth-order valence-electron chi connectivity index (χ4n) is 1.88. The van der Waals surface area contributed by atoms with Gasteiger partial charge in [-0.05, 0) is 24.6 Å². The molecule has 1 amide bonds. The third kappa shape index (κ3) is 2.82. The molecule has 2 rings (SSSR count). The Balaban J connectivity index is 2.20. The van der Waals surface area contributed by atoms with Crippen molar-refractivity contribution in [2.45, 2.75) is 6.42 Å². The van der Waals surface area contributed by atoms with Crippen LogP contribution >= 0.6 is 11.6 Å². The van der Waals surface area contributed by atoms with Crippen molar-refractivity contribution < 1.29 is 9.53 Å². The van der Waals surface area contributed by atoms with Gasteiger partial charge in [-0.25, -0.2) is 0 Å². The molecule has 0 atom stereocenters. The average Bonchev–Trinajstić information content (AvgIpc) is 2.54. The maximum Gasteiger partial charge on any atom is 0.239 e. The lowest BCUT2D eigenvalue weighted by Crippen LogP contribution is -2.32. The maximum absolute atomic E-state index is 11.5. The maximum atomic E-state index is 11.5. The van der Waals surface area contributed by atoms with Gasteiger partial charge in [-0.3, -0.25) is 4.79 Å². The smallest absolute Gasteiger partial charge is 0.239 e. The van der Waals surface area contributed by atoms with Crippen molar-refractivity contribution in [2.75, 3.05) is 31.6 Å². The van der Waals surface area contributed by atoms with Gasteiger partial charge < -0.3 is 15.0 Å². The number of methoxy groups -OCH3 is 1. The molecule has 0 radical (unpaired) electrons. The van der Waals surface area contributed by atoms with E-state index < -0.39 is 0 Å². The molecule has 0 saturated carbocycles. The van der Waals surface area contributed by atoms with E-state index in [-0.39, 0.29) is 5.91 Å².